The number of aryl methyl sites for hydroxylation is 1. The van der Waals surface area contributed by atoms with Crippen LogP contribution in [0.5, 0.6) is 0 Å². The lowest BCUT2D eigenvalue weighted by Crippen LogP contribution is -2.04. The summed E-state index contributed by atoms with van der Waals surface area (Å²) in [5, 5.41) is 10.3. The average molecular weight is 244 g/mol. The monoisotopic (exact) mass is 244 g/mol. The van der Waals surface area contributed by atoms with Crippen molar-refractivity contribution in [1.29, 1.82) is 0 Å². The Balaban J connectivity index is 2.53. The number of aromatic nitrogens is 1. The smallest absolute Gasteiger partial charge is 0.294 e. The lowest BCUT2D eigenvalue weighted by atomic mass is 10.1. The van der Waals surface area contributed by atoms with E-state index in [2.05, 4.69) is 23.7 Å². The first-order chi connectivity index (χ1) is 7.49. The van der Waals surface area contributed by atoms with Crippen molar-refractivity contribution in [2.45, 2.75) is 33.6 Å². The summed E-state index contributed by atoms with van der Waals surface area (Å²) < 4.78 is 0. The second-order valence-electron chi connectivity index (χ2n) is 4.02. The Morgan fingerprint density at radius 1 is 1.56 bits per heavy atom. The maximum atomic E-state index is 10.00. The highest BCUT2D eigenvalue weighted by Crippen LogP contribution is 2.21. The summed E-state index contributed by atoms with van der Waals surface area (Å²) in [6.07, 6.45) is 1.52. The third kappa shape index (κ3) is 4.14. The fourth-order valence-electron chi connectivity index (χ4n) is 1.37. The van der Waals surface area contributed by atoms with Crippen LogP contribution < -0.4 is 0 Å². The summed E-state index contributed by atoms with van der Waals surface area (Å²) in [6.45, 7) is 6.33. The van der Waals surface area contributed by atoms with E-state index in [9.17, 15) is 10.1 Å². The minimum Gasteiger partial charge on any atom is -0.314 e. The molecule has 0 fully saturated rings. The van der Waals surface area contributed by atoms with Gasteiger partial charge in [0.2, 0.25) is 0 Å². The third-order valence-corrected chi connectivity index (χ3v) is 3.29. The Hall–Kier alpha value is -1.17. The highest BCUT2D eigenvalue weighted by molar-refractivity contribution is 7.11. The first-order valence-corrected chi connectivity index (χ1v) is 6.03. The molecule has 1 rings (SSSR count). The van der Waals surface area contributed by atoms with Gasteiger partial charge in [-0.2, -0.15) is 0 Å². The van der Waals surface area contributed by atoms with Gasteiger partial charge in [-0.05, 0) is 12.8 Å². The van der Waals surface area contributed by atoms with E-state index >= 15 is 0 Å². The van der Waals surface area contributed by atoms with Crippen molar-refractivity contribution in [2.24, 2.45) is 5.92 Å². The maximum absolute atomic E-state index is 10.00. The van der Waals surface area contributed by atoms with Gasteiger partial charge in [-0.25, -0.2) is 4.98 Å². The summed E-state index contributed by atoms with van der Waals surface area (Å²) in [5.41, 5.74) is 0.965. The molecule has 6 heteroatoms. The van der Waals surface area contributed by atoms with E-state index < -0.39 is 5.09 Å². The van der Waals surface area contributed by atoms with Crippen LogP contribution in [0.15, 0.2) is 0 Å². The van der Waals surface area contributed by atoms with Crippen LogP contribution in [-0.4, -0.2) is 16.7 Å². The predicted molar refractivity (Wildman–Crippen MR) is 62.0 cm³/mol. The predicted octanol–water partition coefficient (Wildman–Crippen LogP) is 2.40. The van der Waals surface area contributed by atoms with Gasteiger partial charge in [0.15, 0.2) is 0 Å². The number of nitrogens with zero attached hydrogens (tertiary/aromatic N) is 2. The van der Waals surface area contributed by atoms with Crippen molar-refractivity contribution in [2.75, 3.05) is 6.61 Å². The Morgan fingerprint density at radius 3 is 2.81 bits per heavy atom. The van der Waals surface area contributed by atoms with Gasteiger partial charge in [-0.3, -0.25) is 0 Å². The zero-order chi connectivity index (χ0) is 12.1. The van der Waals surface area contributed by atoms with Crippen molar-refractivity contribution in [3.63, 3.8) is 0 Å². The van der Waals surface area contributed by atoms with Gasteiger partial charge in [0.1, 0.15) is 6.61 Å². The average Bonchev–Trinajstić information content (AvgIpc) is 2.45. The van der Waals surface area contributed by atoms with Crippen molar-refractivity contribution >= 4 is 11.3 Å². The molecule has 1 heterocycles. The van der Waals surface area contributed by atoms with Crippen LogP contribution in [-0.2, 0) is 17.7 Å². The molecule has 0 spiro atoms. The standard InChI is InChI=1S/C10H16N2O3S/c1-7(2)6-10-11-8(3)9(16-10)4-5-15-12(13)14/h7H,4-6H2,1-3H3. The molecule has 1 aromatic heterocycles. The summed E-state index contributed by atoms with van der Waals surface area (Å²) in [4.78, 5) is 19.8. The zero-order valence-electron chi connectivity index (χ0n) is 9.73. The molecule has 0 radical (unpaired) electrons. The van der Waals surface area contributed by atoms with Gasteiger partial charge in [-0.15, -0.1) is 21.5 Å². The molecule has 0 aliphatic carbocycles. The van der Waals surface area contributed by atoms with Crippen LogP contribution in [0.3, 0.4) is 0 Å². The molecule has 0 unspecified atom stereocenters. The zero-order valence-corrected chi connectivity index (χ0v) is 10.5. The summed E-state index contributed by atoms with van der Waals surface area (Å²) >= 11 is 1.63. The van der Waals surface area contributed by atoms with Crippen molar-refractivity contribution in [1.82, 2.24) is 4.98 Å². The second-order valence-corrected chi connectivity index (χ2v) is 5.19. The van der Waals surface area contributed by atoms with E-state index in [-0.39, 0.29) is 6.61 Å². The Bertz CT molecular complexity index is 363. The fourth-order valence-corrected chi connectivity index (χ4v) is 2.63. The topological polar surface area (TPSA) is 65.3 Å². The fraction of sp³-hybridized carbons (Fsp3) is 0.700. The van der Waals surface area contributed by atoms with Crippen LogP contribution >= 0.6 is 11.3 Å². The van der Waals surface area contributed by atoms with E-state index in [0.29, 0.717) is 12.3 Å². The summed E-state index contributed by atoms with van der Waals surface area (Å²) in [7, 11) is 0. The summed E-state index contributed by atoms with van der Waals surface area (Å²) in [5.74, 6) is 0.577. The Morgan fingerprint density at radius 2 is 2.25 bits per heavy atom. The molecule has 0 aliphatic heterocycles. The van der Waals surface area contributed by atoms with Crippen molar-refractivity contribution in [3.05, 3.63) is 25.7 Å². The van der Waals surface area contributed by atoms with Gasteiger partial charge in [0.05, 0.1) is 10.7 Å². The number of rotatable bonds is 6. The van der Waals surface area contributed by atoms with E-state index in [4.69, 9.17) is 0 Å². The Labute approximate surface area is 98.6 Å². The molecule has 5 nitrogen and oxygen atoms in total. The largest absolute Gasteiger partial charge is 0.314 e. The van der Waals surface area contributed by atoms with Crippen molar-refractivity contribution < 1.29 is 9.92 Å². The molecule has 1 aromatic rings. The molecule has 90 valence electrons. The van der Waals surface area contributed by atoms with Crippen LogP contribution in [0.4, 0.5) is 0 Å². The first-order valence-electron chi connectivity index (χ1n) is 5.21. The van der Waals surface area contributed by atoms with Gasteiger partial charge < -0.3 is 4.84 Å². The minimum absolute atomic E-state index is 0.108. The molecule has 0 saturated carbocycles. The lowest BCUT2D eigenvalue weighted by molar-refractivity contribution is -0.757. The van der Waals surface area contributed by atoms with Crippen LogP contribution in [0.25, 0.3) is 0 Å². The Kier molecular flexibility index (Phi) is 4.67. The number of hydrogen-bond acceptors (Lipinski definition) is 5. The molecule has 0 aromatic carbocycles. The molecule has 0 atom stereocenters. The van der Waals surface area contributed by atoms with Gasteiger partial charge >= 0.3 is 0 Å². The normalized spacial score (nSPS) is 10.8. The van der Waals surface area contributed by atoms with Gasteiger partial charge in [0, 0.05) is 17.7 Å². The highest BCUT2D eigenvalue weighted by Gasteiger charge is 2.09. The number of hydrogen-bond donors (Lipinski definition) is 0. The van der Waals surface area contributed by atoms with E-state index in [0.717, 1.165) is 22.0 Å². The van der Waals surface area contributed by atoms with Crippen LogP contribution in [0.2, 0.25) is 0 Å². The van der Waals surface area contributed by atoms with Crippen LogP contribution in [0, 0.1) is 23.0 Å². The lowest BCUT2D eigenvalue weighted by Gasteiger charge is -1.98. The number of thiazole rings is 1. The molecular weight excluding hydrogens is 228 g/mol. The molecule has 0 aliphatic rings. The quantitative estimate of drug-likeness (QED) is 0.569. The third-order valence-electron chi connectivity index (χ3n) is 2.05. The molecule has 0 saturated heterocycles. The molecule has 16 heavy (non-hydrogen) atoms. The molecular formula is C10H16N2O3S. The SMILES string of the molecule is Cc1nc(CC(C)C)sc1CCO[N+](=O)[O-]. The second kappa shape index (κ2) is 5.79. The van der Waals surface area contributed by atoms with E-state index in [1.807, 2.05) is 6.92 Å². The van der Waals surface area contributed by atoms with Crippen molar-refractivity contribution in [3.8, 4) is 0 Å². The molecule has 0 N–H and O–H groups in total. The minimum atomic E-state index is -0.759. The highest BCUT2D eigenvalue weighted by atomic mass is 32.1. The molecule has 0 bridgehead atoms. The maximum Gasteiger partial charge on any atom is 0.294 e. The van der Waals surface area contributed by atoms with E-state index in [1.54, 1.807) is 11.3 Å². The first kappa shape index (κ1) is 12.9. The molecule has 0 amide bonds. The summed E-state index contributed by atoms with van der Waals surface area (Å²) in [6, 6.07) is 0. The van der Waals surface area contributed by atoms with E-state index in [1.165, 1.54) is 0 Å². The van der Waals surface area contributed by atoms with Crippen LogP contribution in [0.1, 0.15) is 29.4 Å². The van der Waals surface area contributed by atoms with Gasteiger partial charge in [0.25, 0.3) is 5.09 Å². The van der Waals surface area contributed by atoms with Gasteiger partial charge in [-0.1, -0.05) is 13.8 Å².